The van der Waals surface area contributed by atoms with E-state index in [9.17, 15) is 0 Å². The van der Waals surface area contributed by atoms with E-state index in [1.807, 2.05) is 0 Å². The summed E-state index contributed by atoms with van der Waals surface area (Å²) in [4.78, 5) is 4.72. The van der Waals surface area contributed by atoms with Crippen LogP contribution in [0.25, 0.3) is 0 Å². The van der Waals surface area contributed by atoms with Crippen LogP contribution in [0.15, 0.2) is 4.99 Å². The highest BCUT2D eigenvalue weighted by molar-refractivity contribution is 5.81. The molecule has 2 heterocycles. The van der Waals surface area contributed by atoms with Crippen molar-refractivity contribution in [3.63, 3.8) is 0 Å². The zero-order chi connectivity index (χ0) is 9.38. The van der Waals surface area contributed by atoms with E-state index in [1.54, 1.807) is 0 Å². The molecule has 3 heteroatoms. The van der Waals surface area contributed by atoms with Gasteiger partial charge in [0.05, 0.1) is 0 Å². The number of hydrogen-bond donors (Lipinski definition) is 1. The highest BCUT2D eigenvalue weighted by atomic mass is 16.5. The lowest BCUT2D eigenvalue weighted by Gasteiger charge is -2.23. The molecule has 0 aromatic carbocycles. The third kappa shape index (κ3) is 1.44. The molecule has 2 atom stereocenters. The Morgan fingerprint density at radius 2 is 2.07 bits per heavy atom. The zero-order valence-corrected chi connectivity index (χ0v) is 8.54. The fraction of sp³-hybridized carbons (Fsp3) is 0.909. The summed E-state index contributed by atoms with van der Waals surface area (Å²) >= 11 is 0. The maximum Gasteiger partial charge on any atom is 0.187 e. The molecule has 1 N–H and O–H groups in total. The topological polar surface area (TPSA) is 33.6 Å². The lowest BCUT2D eigenvalue weighted by molar-refractivity contribution is 0.152. The molecule has 0 bridgehead atoms. The number of fused-ring (bicyclic) bond motifs is 1. The van der Waals surface area contributed by atoms with E-state index < -0.39 is 0 Å². The van der Waals surface area contributed by atoms with Crippen LogP contribution in [-0.4, -0.2) is 31.1 Å². The van der Waals surface area contributed by atoms with Crippen LogP contribution in [0.3, 0.4) is 0 Å². The van der Waals surface area contributed by atoms with Crippen LogP contribution in [0, 0.1) is 5.92 Å². The normalized spacial score (nSPS) is 37.9. The fourth-order valence-corrected chi connectivity index (χ4v) is 2.81. The molecule has 3 aliphatic rings. The summed E-state index contributed by atoms with van der Waals surface area (Å²) in [6.07, 6.45) is 6.84. The molecule has 0 radical (unpaired) electrons. The first-order valence-corrected chi connectivity index (χ1v) is 5.88. The van der Waals surface area contributed by atoms with E-state index in [0.29, 0.717) is 18.1 Å². The second kappa shape index (κ2) is 3.54. The molecule has 78 valence electrons. The van der Waals surface area contributed by atoms with Crippen LogP contribution in [0.4, 0.5) is 0 Å². The zero-order valence-electron chi connectivity index (χ0n) is 8.54. The van der Waals surface area contributed by atoms with Crippen LogP contribution < -0.4 is 5.32 Å². The van der Waals surface area contributed by atoms with E-state index >= 15 is 0 Å². The Morgan fingerprint density at radius 3 is 2.86 bits per heavy atom. The molecule has 0 aromatic heterocycles. The highest BCUT2D eigenvalue weighted by Gasteiger charge is 2.36. The number of aliphatic imine (C=N–C) groups is 1. The maximum absolute atomic E-state index is 5.96. The largest absolute Gasteiger partial charge is 0.475 e. The van der Waals surface area contributed by atoms with Crippen molar-refractivity contribution in [2.45, 2.75) is 44.2 Å². The van der Waals surface area contributed by atoms with E-state index in [1.165, 1.54) is 25.7 Å². The molecular weight excluding hydrogens is 176 g/mol. The molecule has 0 amide bonds. The van der Waals surface area contributed by atoms with Gasteiger partial charge in [-0.05, 0) is 25.8 Å². The predicted octanol–water partition coefficient (Wildman–Crippen LogP) is 1.34. The van der Waals surface area contributed by atoms with Gasteiger partial charge in [-0.1, -0.05) is 12.8 Å². The van der Waals surface area contributed by atoms with Gasteiger partial charge in [-0.3, -0.25) is 0 Å². The Kier molecular flexibility index (Phi) is 2.20. The van der Waals surface area contributed by atoms with Crippen LogP contribution in [0.5, 0.6) is 0 Å². The van der Waals surface area contributed by atoms with Gasteiger partial charge in [0, 0.05) is 12.5 Å². The van der Waals surface area contributed by atoms with Crippen molar-refractivity contribution >= 4 is 5.90 Å². The van der Waals surface area contributed by atoms with Gasteiger partial charge >= 0.3 is 0 Å². The maximum atomic E-state index is 5.96. The van der Waals surface area contributed by atoms with Crippen molar-refractivity contribution in [1.82, 2.24) is 5.32 Å². The van der Waals surface area contributed by atoms with Crippen molar-refractivity contribution in [2.24, 2.45) is 10.9 Å². The monoisotopic (exact) mass is 194 g/mol. The van der Waals surface area contributed by atoms with Crippen LogP contribution in [0.2, 0.25) is 0 Å². The molecule has 2 unspecified atom stereocenters. The Morgan fingerprint density at radius 1 is 1.21 bits per heavy atom. The summed E-state index contributed by atoms with van der Waals surface area (Å²) in [5, 5.41) is 3.38. The van der Waals surface area contributed by atoms with Crippen molar-refractivity contribution in [3.05, 3.63) is 0 Å². The van der Waals surface area contributed by atoms with Gasteiger partial charge in [0.25, 0.3) is 0 Å². The first-order valence-electron chi connectivity index (χ1n) is 5.88. The summed E-state index contributed by atoms with van der Waals surface area (Å²) in [5.74, 6) is 1.74. The van der Waals surface area contributed by atoms with E-state index in [2.05, 4.69) is 5.32 Å². The predicted molar refractivity (Wildman–Crippen MR) is 55.5 cm³/mol. The first kappa shape index (κ1) is 8.72. The Hall–Kier alpha value is -0.570. The number of piperidine rings is 1. The fourth-order valence-electron chi connectivity index (χ4n) is 2.81. The van der Waals surface area contributed by atoms with Gasteiger partial charge < -0.3 is 10.1 Å². The molecular formula is C11H18N2O. The molecule has 0 aromatic rings. The standard InChI is InChI=1S/C11H18N2O/c1-2-4-8(3-1)11-13-9-7-12-6-5-10(9)14-11/h8-10,12H,1-7H2. The Bertz CT molecular complexity index is 246. The van der Waals surface area contributed by atoms with Gasteiger partial charge in [0.1, 0.15) is 12.1 Å². The molecule has 1 saturated carbocycles. The van der Waals surface area contributed by atoms with Crippen LogP contribution in [0.1, 0.15) is 32.1 Å². The number of hydrogen-bond acceptors (Lipinski definition) is 3. The number of nitrogens with one attached hydrogen (secondary N) is 1. The summed E-state index contributed by atoms with van der Waals surface area (Å²) in [6.45, 7) is 2.11. The first-order chi connectivity index (χ1) is 6.93. The summed E-state index contributed by atoms with van der Waals surface area (Å²) < 4.78 is 5.96. The second-order valence-electron chi connectivity index (χ2n) is 4.67. The third-order valence-electron chi connectivity index (χ3n) is 3.66. The Balaban J connectivity index is 1.70. The van der Waals surface area contributed by atoms with E-state index in [0.717, 1.165) is 25.4 Å². The van der Waals surface area contributed by atoms with Crippen molar-refractivity contribution < 1.29 is 4.74 Å². The minimum absolute atomic E-state index is 0.395. The van der Waals surface area contributed by atoms with Gasteiger partial charge in [0.15, 0.2) is 5.90 Å². The summed E-state index contributed by atoms with van der Waals surface area (Å²) in [5.41, 5.74) is 0. The number of ether oxygens (including phenoxy) is 1. The SMILES string of the molecule is C1CCC(C2=NC3CNCCC3O2)C1. The van der Waals surface area contributed by atoms with Crippen LogP contribution in [-0.2, 0) is 4.74 Å². The van der Waals surface area contributed by atoms with Gasteiger partial charge in [-0.2, -0.15) is 0 Å². The molecule has 2 aliphatic heterocycles. The van der Waals surface area contributed by atoms with Crippen molar-refractivity contribution in [1.29, 1.82) is 0 Å². The number of rotatable bonds is 1. The van der Waals surface area contributed by atoms with Crippen LogP contribution >= 0.6 is 0 Å². The van der Waals surface area contributed by atoms with E-state index in [4.69, 9.17) is 9.73 Å². The van der Waals surface area contributed by atoms with Gasteiger partial charge in [-0.15, -0.1) is 0 Å². The molecule has 2 fully saturated rings. The van der Waals surface area contributed by atoms with Gasteiger partial charge in [0.2, 0.25) is 0 Å². The lowest BCUT2D eigenvalue weighted by atomic mass is 10.1. The molecule has 14 heavy (non-hydrogen) atoms. The minimum atomic E-state index is 0.395. The summed E-state index contributed by atoms with van der Waals surface area (Å²) in [7, 11) is 0. The summed E-state index contributed by atoms with van der Waals surface area (Å²) in [6, 6.07) is 0.416. The van der Waals surface area contributed by atoms with E-state index in [-0.39, 0.29) is 0 Å². The van der Waals surface area contributed by atoms with Gasteiger partial charge in [-0.25, -0.2) is 4.99 Å². The average Bonchev–Trinajstić information content (AvgIpc) is 2.86. The lowest BCUT2D eigenvalue weighted by Crippen LogP contribution is -2.41. The molecule has 3 rings (SSSR count). The second-order valence-corrected chi connectivity index (χ2v) is 4.67. The van der Waals surface area contributed by atoms with Crippen molar-refractivity contribution in [3.8, 4) is 0 Å². The molecule has 1 saturated heterocycles. The molecule has 0 spiro atoms. The number of nitrogens with zero attached hydrogens (tertiary/aromatic N) is 1. The quantitative estimate of drug-likeness (QED) is 0.683. The average molecular weight is 194 g/mol. The molecule has 1 aliphatic carbocycles. The molecule has 3 nitrogen and oxygen atoms in total. The third-order valence-corrected chi connectivity index (χ3v) is 3.66. The minimum Gasteiger partial charge on any atom is -0.475 e. The Labute approximate surface area is 84.9 Å². The highest BCUT2D eigenvalue weighted by Crippen LogP contribution is 2.31. The smallest absolute Gasteiger partial charge is 0.187 e. The van der Waals surface area contributed by atoms with Crippen molar-refractivity contribution in [2.75, 3.05) is 13.1 Å².